The van der Waals surface area contributed by atoms with Gasteiger partial charge in [-0.2, -0.15) is 9.97 Å². The molecule has 0 amide bonds. The Balaban J connectivity index is 1.57. The van der Waals surface area contributed by atoms with Gasteiger partial charge in [-0.05, 0) is 35.9 Å². The molecule has 0 radical (unpaired) electrons. The van der Waals surface area contributed by atoms with Gasteiger partial charge < -0.3 is 19.9 Å². The number of aromatic nitrogens is 4. The van der Waals surface area contributed by atoms with Crippen molar-refractivity contribution in [1.29, 1.82) is 0 Å². The van der Waals surface area contributed by atoms with Crippen molar-refractivity contribution in [2.75, 3.05) is 36.5 Å². The molecule has 1 saturated heterocycles. The first-order chi connectivity index (χ1) is 11.3. The first kappa shape index (κ1) is 14.2. The van der Waals surface area contributed by atoms with Gasteiger partial charge in [-0.3, -0.25) is 0 Å². The number of imidazole rings is 1. The standard InChI is InChI=1S/C15H15ClN6O/c16-15-20-13-12(17-9-18-13)14(21-15)19-10-1-3-11(4-2-10)22-5-7-23-8-6-22/h1-4,9H,5-8H2,(H2,17,18,19,20,21). The molecule has 0 saturated carbocycles. The Bertz CT molecular complexity index is 812. The molecule has 2 N–H and O–H groups in total. The summed E-state index contributed by atoms with van der Waals surface area (Å²) in [6.45, 7) is 3.39. The maximum atomic E-state index is 5.94. The molecule has 1 aromatic carbocycles. The first-order valence-electron chi connectivity index (χ1n) is 7.36. The number of anilines is 3. The van der Waals surface area contributed by atoms with Gasteiger partial charge in [0.2, 0.25) is 5.28 Å². The Morgan fingerprint density at radius 3 is 2.70 bits per heavy atom. The lowest BCUT2D eigenvalue weighted by atomic mass is 10.2. The molecular formula is C15H15ClN6O. The van der Waals surface area contributed by atoms with Crippen LogP contribution in [0.3, 0.4) is 0 Å². The summed E-state index contributed by atoms with van der Waals surface area (Å²) in [5, 5.41) is 3.42. The lowest BCUT2D eigenvalue weighted by Gasteiger charge is -2.28. The fraction of sp³-hybridized carbons (Fsp3) is 0.267. The zero-order chi connectivity index (χ0) is 15.6. The molecule has 4 rings (SSSR count). The van der Waals surface area contributed by atoms with Crippen LogP contribution in [0.2, 0.25) is 5.28 Å². The topological polar surface area (TPSA) is 79.0 Å². The number of H-pyrrole nitrogens is 1. The molecule has 7 nitrogen and oxygen atoms in total. The number of hydrogen-bond acceptors (Lipinski definition) is 6. The highest BCUT2D eigenvalue weighted by atomic mass is 35.5. The maximum Gasteiger partial charge on any atom is 0.226 e. The van der Waals surface area contributed by atoms with Crippen molar-refractivity contribution in [2.24, 2.45) is 0 Å². The molecule has 0 unspecified atom stereocenters. The molecular weight excluding hydrogens is 316 g/mol. The summed E-state index contributed by atoms with van der Waals surface area (Å²) >= 11 is 5.94. The van der Waals surface area contributed by atoms with E-state index in [0.29, 0.717) is 11.5 Å². The van der Waals surface area contributed by atoms with Crippen molar-refractivity contribution in [3.8, 4) is 0 Å². The van der Waals surface area contributed by atoms with Crippen LogP contribution in [-0.4, -0.2) is 46.2 Å². The van der Waals surface area contributed by atoms with Crippen molar-refractivity contribution >= 4 is 40.0 Å². The minimum Gasteiger partial charge on any atom is -0.378 e. The normalized spacial score (nSPS) is 15.1. The van der Waals surface area contributed by atoms with E-state index >= 15 is 0 Å². The van der Waals surface area contributed by atoms with Gasteiger partial charge in [0.25, 0.3) is 0 Å². The summed E-state index contributed by atoms with van der Waals surface area (Å²) < 4.78 is 5.38. The Morgan fingerprint density at radius 1 is 1.13 bits per heavy atom. The molecule has 1 aliphatic rings. The van der Waals surface area contributed by atoms with E-state index in [0.717, 1.165) is 37.5 Å². The average molecular weight is 331 g/mol. The predicted octanol–water partition coefficient (Wildman–Crippen LogP) is 2.59. The average Bonchev–Trinajstić information content (AvgIpc) is 3.05. The fourth-order valence-corrected chi connectivity index (χ4v) is 2.78. The summed E-state index contributed by atoms with van der Waals surface area (Å²) in [5.41, 5.74) is 3.38. The lowest BCUT2D eigenvalue weighted by Crippen LogP contribution is -2.36. The molecule has 118 valence electrons. The molecule has 8 heteroatoms. The quantitative estimate of drug-likeness (QED) is 0.719. The fourth-order valence-electron chi connectivity index (χ4n) is 2.61. The highest BCUT2D eigenvalue weighted by molar-refractivity contribution is 6.28. The van der Waals surface area contributed by atoms with Gasteiger partial charge in [0.05, 0.1) is 19.5 Å². The first-order valence-corrected chi connectivity index (χ1v) is 7.74. The second-order valence-corrected chi connectivity index (χ2v) is 5.55. The number of ether oxygens (including phenoxy) is 1. The SMILES string of the molecule is Clc1nc(Nc2ccc(N3CCOCC3)cc2)c2[nH]cnc2n1. The van der Waals surface area contributed by atoms with E-state index in [1.807, 2.05) is 12.1 Å². The van der Waals surface area contributed by atoms with E-state index < -0.39 is 0 Å². The Morgan fingerprint density at radius 2 is 1.91 bits per heavy atom. The van der Waals surface area contributed by atoms with E-state index in [4.69, 9.17) is 16.3 Å². The zero-order valence-electron chi connectivity index (χ0n) is 12.3. The van der Waals surface area contributed by atoms with E-state index in [2.05, 4.69) is 42.3 Å². The van der Waals surface area contributed by atoms with Gasteiger partial charge in [-0.1, -0.05) is 0 Å². The van der Waals surface area contributed by atoms with E-state index in [9.17, 15) is 0 Å². The third-order valence-corrected chi connectivity index (χ3v) is 3.93. The van der Waals surface area contributed by atoms with Crippen LogP contribution >= 0.6 is 11.6 Å². The van der Waals surface area contributed by atoms with Crippen LogP contribution in [0, 0.1) is 0 Å². The van der Waals surface area contributed by atoms with Gasteiger partial charge >= 0.3 is 0 Å². The van der Waals surface area contributed by atoms with Crippen molar-refractivity contribution in [3.63, 3.8) is 0 Å². The summed E-state index contributed by atoms with van der Waals surface area (Å²) in [6.07, 6.45) is 1.57. The number of rotatable bonds is 3. The lowest BCUT2D eigenvalue weighted by molar-refractivity contribution is 0.122. The predicted molar refractivity (Wildman–Crippen MR) is 89.5 cm³/mol. The molecule has 0 spiro atoms. The van der Waals surface area contributed by atoms with Crippen LogP contribution in [0.4, 0.5) is 17.2 Å². The second-order valence-electron chi connectivity index (χ2n) is 5.21. The molecule has 3 aromatic rings. The summed E-state index contributed by atoms with van der Waals surface area (Å²) in [6, 6.07) is 8.20. The van der Waals surface area contributed by atoms with Crippen LogP contribution in [0.5, 0.6) is 0 Å². The van der Waals surface area contributed by atoms with E-state index in [1.165, 1.54) is 5.69 Å². The number of benzene rings is 1. The molecule has 1 fully saturated rings. The van der Waals surface area contributed by atoms with Gasteiger partial charge in [-0.15, -0.1) is 0 Å². The monoisotopic (exact) mass is 330 g/mol. The molecule has 1 aliphatic heterocycles. The molecule has 23 heavy (non-hydrogen) atoms. The minimum atomic E-state index is 0.164. The summed E-state index contributed by atoms with van der Waals surface area (Å²) in [4.78, 5) is 17.7. The summed E-state index contributed by atoms with van der Waals surface area (Å²) in [7, 11) is 0. The van der Waals surface area contributed by atoms with Gasteiger partial charge in [0.15, 0.2) is 11.5 Å². The van der Waals surface area contributed by atoms with Crippen LogP contribution in [0.25, 0.3) is 11.2 Å². The zero-order valence-corrected chi connectivity index (χ0v) is 13.0. The summed E-state index contributed by atoms with van der Waals surface area (Å²) in [5.74, 6) is 0.608. The number of morpholine rings is 1. The second kappa shape index (κ2) is 6.02. The molecule has 0 aliphatic carbocycles. The number of hydrogen-bond donors (Lipinski definition) is 2. The van der Waals surface area contributed by atoms with E-state index in [-0.39, 0.29) is 5.28 Å². The van der Waals surface area contributed by atoms with Gasteiger partial charge in [-0.25, -0.2) is 4.98 Å². The van der Waals surface area contributed by atoms with Gasteiger partial charge in [0, 0.05) is 24.5 Å². The Hall–Kier alpha value is -2.38. The van der Waals surface area contributed by atoms with Crippen LogP contribution in [-0.2, 0) is 4.74 Å². The Labute approximate surface area is 137 Å². The van der Waals surface area contributed by atoms with Crippen molar-refractivity contribution < 1.29 is 4.74 Å². The number of halogens is 1. The molecule has 0 bridgehead atoms. The van der Waals surface area contributed by atoms with Crippen LogP contribution < -0.4 is 10.2 Å². The van der Waals surface area contributed by atoms with Crippen LogP contribution in [0.1, 0.15) is 0 Å². The molecule has 3 heterocycles. The van der Waals surface area contributed by atoms with Gasteiger partial charge in [0.1, 0.15) is 5.52 Å². The van der Waals surface area contributed by atoms with Crippen LogP contribution in [0.15, 0.2) is 30.6 Å². The highest BCUT2D eigenvalue weighted by Crippen LogP contribution is 2.25. The molecule has 2 aromatic heterocycles. The molecule has 0 atom stereocenters. The Kier molecular flexibility index (Phi) is 3.72. The maximum absolute atomic E-state index is 5.94. The smallest absolute Gasteiger partial charge is 0.226 e. The van der Waals surface area contributed by atoms with Crippen molar-refractivity contribution in [1.82, 2.24) is 19.9 Å². The van der Waals surface area contributed by atoms with E-state index in [1.54, 1.807) is 6.33 Å². The number of fused-ring (bicyclic) bond motifs is 1. The highest BCUT2D eigenvalue weighted by Gasteiger charge is 2.12. The van der Waals surface area contributed by atoms with Crippen molar-refractivity contribution in [3.05, 3.63) is 35.9 Å². The number of nitrogens with zero attached hydrogens (tertiary/aromatic N) is 4. The number of nitrogens with one attached hydrogen (secondary N) is 2. The third-order valence-electron chi connectivity index (χ3n) is 3.76. The minimum absolute atomic E-state index is 0.164. The largest absolute Gasteiger partial charge is 0.378 e. The third kappa shape index (κ3) is 2.93. The van der Waals surface area contributed by atoms with Crippen molar-refractivity contribution in [2.45, 2.75) is 0 Å². The number of aromatic amines is 1.